The Morgan fingerprint density at radius 2 is 2.24 bits per heavy atom. The van der Waals surface area contributed by atoms with Gasteiger partial charge in [0.15, 0.2) is 0 Å². The van der Waals surface area contributed by atoms with Crippen LogP contribution in [0.15, 0.2) is 24.3 Å². The lowest BCUT2D eigenvalue weighted by molar-refractivity contribution is -0.141. The first-order valence-electron chi connectivity index (χ1n) is 6.88. The molecule has 0 heterocycles. The van der Waals surface area contributed by atoms with E-state index in [1.54, 1.807) is 14.0 Å². The van der Waals surface area contributed by atoms with Gasteiger partial charge in [0.1, 0.15) is 0 Å². The largest absolute Gasteiger partial charge is 0.481 e. The number of carbonyl (C=O) groups excluding carboxylic acids is 1. The Labute approximate surface area is 128 Å². The summed E-state index contributed by atoms with van der Waals surface area (Å²) in [6, 6.07) is 7.49. The van der Waals surface area contributed by atoms with Crippen LogP contribution in [0, 0.1) is 5.92 Å². The number of rotatable bonds is 5. The smallest absolute Gasteiger partial charge is 0.317 e. The van der Waals surface area contributed by atoms with E-state index in [-0.39, 0.29) is 24.5 Å². The SMILES string of the molecule is CC(CN(C)C(=O)N[C@@H]1C[C@H]1c1cccc(Cl)c1)C(=O)O. The Bertz CT molecular complexity index is 549. The summed E-state index contributed by atoms with van der Waals surface area (Å²) in [4.78, 5) is 24.2. The molecule has 1 aliphatic rings. The summed E-state index contributed by atoms with van der Waals surface area (Å²) >= 11 is 5.96. The first-order chi connectivity index (χ1) is 9.88. The fourth-order valence-electron chi connectivity index (χ4n) is 2.30. The summed E-state index contributed by atoms with van der Waals surface area (Å²) in [6.07, 6.45) is 0.883. The number of carbonyl (C=O) groups is 2. The molecule has 5 nitrogen and oxygen atoms in total. The zero-order valence-electron chi connectivity index (χ0n) is 12.0. The number of hydrogen-bond donors (Lipinski definition) is 2. The highest BCUT2D eigenvalue weighted by molar-refractivity contribution is 6.30. The Kier molecular flexibility index (Phi) is 4.73. The molecule has 6 heteroatoms. The lowest BCUT2D eigenvalue weighted by Crippen LogP contribution is -2.42. The molecule has 0 bridgehead atoms. The molecule has 114 valence electrons. The molecular formula is C15H19ClN2O3. The molecule has 1 saturated carbocycles. The molecule has 1 aliphatic carbocycles. The van der Waals surface area contributed by atoms with E-state index >= 15 is 0 Å². The van der Waals surface area contributed by atoms with Crippen molar-refractivity contribution in [2.75, 3.05) is 13.6 Å². The number of nitrogens with one attached hydrogen (secondary N) is 1. The van der Waals surface area contributed by atoms with E-state index in [0.717, 1.165) is 12.0 Å². The average Bonchev–Trinajstić information content (AvgIpc) is 3.17. The molecule has 1 fully saturated rings. The maximum absolute atomic E-state index is 12.0. The van der Waals surface area contributed by atoms with Crippen LogP contribution in [-0.2, 0) is 4.79 Å². The first-order valence-corrected chi connectivity index (χ1v) is 7.26. The second-order valence-corrected chi connectivity index (χ2v) is 6.01. The highest BCUT2D eigenvalue weighted by Gasteiger charge is 2.40. The summed E-state index contributed by atoms with van der Waals surface area (Å²) in [5, 5.41) is 12.5. The highest BCUT2D eigenvalue weighted by Crippen LogP contribution is 2.41. The van der Waals surface area contributed by atoms with Crippen LogP contribution < -0.4 is 5.32 Å². The summed E-state index contributed by atoms with van der Waals surface area (Å²) < 4.78 is 0. The number of nitrogens with zero attached hydrogens (tertiary/aromatic N) is 1. The van der Waals surface area contributed by atoms with Crippen molar-refractivity contribution in [3.8, 4) is 0 Å². The number of hydrogen-bond acceptors (Lipinski definition) is 2. The maximum atomic E-state index is 12.0. The lowest BCUT2D eigenvalue weighted by Gasteiger charge is -2.20. The minimum Gasteiger partial charge on any atom is -0.481 e. The molecule has 3 atom stereocenters. The van der Waals surface area contributed by atoms with E-state index in [1.807, 2.05) is 24.3 Å². The highest BCUT2D eigenvalue weighted by atomic mass is 35.5. The molecule has 0 aliphatic heterocycles. The van der Waals surface area contributed by atoms with Gasteiger partial charge in [0, 0.05) is 30.6 Å². The summed E-state index contributed by atoms with van der Waals surface area (Å²) in [5.74, 6) is -1.19. The molecule has 2 rings (SSSR count). The number of urea groups is 1. The first kappa shape index (κ1) is 15.6. The van der Waals surface area contributed by atoms with Gasteiger partial charge in [-0.25, -0.2) is 4.79 Å². The van der Waals surface area contributed by atoms with Gasteiger partial charge in [0.05, 0.1) is 5.92 Å². The minimum absolute atomic E-state index is 0.0959. The van der Waals surface area contributed by atoms with Crippen LogP contribution in [0.25, 0.3) is 0 Å². The Hall–Kier alpha value is -1.75. The van der Waals surface area contributed by atoms with Crippen molar-refractivity contribution in [1.82, 2.24) is 10.2 Å². The molecular weight excluding hydrogens is 292 g/mol. The van der Waals surface area contributed by atoms with Crippen LogP contribution in [0.1, 0.15) is 24.8 Å². The van der Waals surface area contributed by atoms with E-state index in [0.29, 0.717) is 5.02 Å². The van der Waals surface area contributed by atoms with Gasteiger partial charge in [-0.2, -0.15) is 0 Å². The standard InChI is InChI=1S/C15H19ClN2O3/c1-9(14(19)20)8-18(2)15(21)17-13-7-12(13)10-4-3-5-11(16)6-10/h3-6,9,12-13H,7-8H2,1-2H3,(H,17,21)(H,19,20)/t9?,12-,13+/m0/s1. The van der Waals surface area contributed by atoms with E-state index in [1.165, 1.54) is 4.90 Å². The number of carboxylic acid groups (broad SMARTS) is 1. The third-order valence-corrected chi connectivity index (χ3v) is 3.93. The van der Waals surface area contributed by atoms with Gasteiger partial charge in [-0.15, -0.1) is 0 Å². The predicted molar refractivity (Wildman–Crippen MR) is 80.6 cm³/mol. The van der Waals surface area contributed by atoms with Crippen LogP contribution in [0.4, 0.5) is 4.79 Å². The number of amides is 2. The van der Waals surface area contributed by atoms with E-state index in [9.17, 15) is 9.59 Å². The van der Waals surface area contributed by atoms with Crippen LogP contribution >= 0.6 is 11.6 Å². The molecule has 0 aromatic heterocycles. The molecule has 0 saturated heterocycles. The van der Waals surface area contributed by atoms with Crippen molar-refractivity contribution >= 4 is 23.6 Å². The third kappa shape index (κ3) is 4.11. The molecule has 0 radical (unpaired) electrons. The number of aliphatic carboxylic acids is 1. The zero-order valence-corrected chi connectivity index (χ0v) is 12.8. The number of benzene rings is 1. The van der Waals surface area contributed by atoms with Gasteiger partial charge in [0.25, 0.3) is 0 Å². The van der Waals surface area contributed by atoms with E-state index < -0.39 is 11.9 Å². The maximum Gasteiger partial charge on any atom is 0.317 e. The molecule has 0 spiro atoms. The van der Waals surface area contributed by atoms with Crippen LogP contribution in [0.3, 0.4) is 0 Å². The predicted octanol–water partition coefficient (Wildman–Crippen LogP) is 2.56. The second-order valence-electron chi connectivity index (χ2n) is 5.57. The Morgan fingerprint density at radius 1 is 1.52 bits per heavy atom. The summed E-state index contributed by atoms with van der Waals surface area (Å²) in [6.45, 7) is 1.77. The van der Waals surface area contributed by atoms with Gasteiger partial charge in [-0.1, -0.05) is 30.7 Å². The fraction of sp³-hybridized carbons (Fsp3) is 0.467. The summed E-state index contributed by atoms with van der Waals surface area (Å²) in [5.41, 5.74) is 1.12. The molecule has 2 N–H and O–H groups in total. The lowest BCUT2D eigenvalue weighted by atomic mass is 10.1. The van der Waals surface area contributed by atoms with Crippen molar-refractivity contribution in [1.29, 1.82) is 0 Å². The van der Waals surface area contributed by atoms with Gasteiger partial charge in [-0.05, 0) is 24.1 Å². The van der Waals surface area contributed by atoms with Gasteiger partial charge >= 0.3 is 12.0 Å². The molecule has 1 aromatic rings. The molecule has 2 amide bonds. The van der Waals surface area contributed by atoms with Gasteiger partial charge < -0.3 is 15.3 Å². The fourth-order valence-corrected chi connectivity index (χ4v) is 2.50. The minimum atomic E-state index is -0.905. The topological polar surface area (TPSA) is 69.6 Å². The normalized spacial score (nSPS) is 21.5. The molecule has 1 unspecified atom stereocenters. The van der Waals surface area contributed by atoms with Crippen LogP contribution in [0.2, 0.25) is 5.02 Å². The zero-order chi connectivity index (χ0) is 15.6. The van der Waals surface area contributed by atoms with Crippen molar-refractivity contribution in [2.24, 2.45) is 5.92 Å². The number of carboxylic acids is 1. The Balaban J connectivity index is 1.84. The summed E-state index contributed by atoms with van der Waals surface area (Å²) in [7, 11) is 1.60. The monoisotopic (exact) mass is 310 g/mol. The second kappa shape index (κ2) is 6.35. The van der Waals surface area contributed by atoms with Crippen molar-refractivity contribution in [3.63, 3.8) is 0 Å². The van der Waals surface area contributed by atoms with Crippen LogP contribution in [0.5, 0.6) is 0 Å². The molecule has 1 aromatic carbocycles. The Morgan fingerprint density at radius 3 is 2.86 bits per heavy atom. The van der Waals surface area contributed by atoms with E-state index in [2.05, 4.69) is 5.32 Å². The molecule has 21 heavy (non-hydrogen) atoms. The number of halogens is 1. The quantitative estimate of drug-likeness (QED) is 0.878. The van der Waals surface area contributed by atoms with Crippen molar-refractivity contribution in [3.05, 3.63) is 34.9 Å². The van der Waals surface area contributed by atoms with Crippen molar-refractivity contribution in [2.45, 2.75) is 25.3 Å². The average molecular weight is 311 g/mol. The third-order valence-electron chi connectivity index (χ3n) is 3.69. The van der Waals surface area contributed by atoms with Gasteiger partial charge in [0.2, 0.25) is 0 Å². The van der Waals surface area contributed by atoms with Crippen LogP contribution in [-0.4, -0.2) is 41.6 Å². The van der Waals surface area contributed by atoms with Gasteiger partial charge in [-0.3, -0.25) is 4.79 Å². The van der Waals surface area contributed by atoms with E-state index in [4.69, 9.17) is 16.7 Å². The van der Waals surface area contributed by atoms with Crippen molar-refractivity contribution < 1.29 is 14.7 Å².